The number of aromatic nitrogens is 4. The predicted octanol–water partition coefficient (Wildman–Crippen LogP) is 0.961. The number of hydrogen-bond acceptors (Lipinski definition) is 4. The lowest BCUT2D eigenvalue weighted by Gasteiger charge is -2.04. The van der Waals surface area contributed by atoms with Gasteiger partial charge in [0, 0.05) is 12.7 Å². The largest absolute Gasteiger partial charge is 0.378 e. The topological polar surface area (TPSA) is 55.6 Å². The zero-order valence-corrected chi connectivity index (χ0v) is 8.18. The fraction of sp³-hybridized carbons (Fsp3) is 0.222. The number of aryl methyl sites for hydroxylation is 1. The molecule has 78 valence electrons. The standard InChI is InChI=1S/C9H10FN5/c1-15-9(12-13-14-15)6-11-8-4-2-7(10)3-5-8/h2-5,11H,6H2,1H3. The van der Waals surface area contributed by atoms with Crippen LogP contribution in [0.2, 0.25) is 0 Å². The highest BCUT2D eigenvalue weighted by Gasteiger charge is 2.01. The van der Waals surface area contributed by atoms with Crippen LogP contribution in [0.1, 0.15) is 5.82 Å². The van der Waals surface area contributed by atoms with Crippen molar-refractivity contribution in [3.63, 3.8) is 0 Å². The van der Waals surface area contributed by atoms with E-state index in [1.165, 1.54) is 12.1 Å². The molecular weight excluding hydrogens is 197 g/mol. The van der Waals surface area contributed by atoms with E-state index in [0.29, 0.717) is 6.54 Å². The molecule has 0 saturated carbocycles. The summed E-state index contributed by atoms with van der Waals surface area (Å²) < 4.78 is 14.2. The molecular formula is C9H10FN5. The lowest BCUT2D eigenvalue weighted by atomic mass is 10.3. The fourth-order valence-corrected chi connectivity index (χ4v) is 1.15. The summed E-state index contributed by atoms with van der Waals surface area (Å²) in [6, 6.07) is 6.13. The van der Waals surface area contributed by atoms with Crippen LogP contribution in [-0.4, -0.2) is 20.2 Å². The van der Waals surface area contributed by atoms with Gasteiger partial charge in [-0.2, -0.15) is 0 Å². The average molecular weight is 207 g/mol. The highest BCUT2D eigenvalue weighted by atomic mass is 19.1. The van der Waals surface area contributed by atoms with Gasteiger partial charge in [-0.15, -0.1) is 5.10 Å². The number of benzene rings is 1. The van der Waals surface area contributed by atoms with E-state index in [2.05, 4.69) is 20.8 Å². The highest BCUT2D eigenvalue weighted by Crippen LogP contribution is 2.08. The maximum atomic E-state index is 12.6. The fourth-order valence-electron chi connectivity index (χ4n) is 1.15. The van der Waals surface area contributed by atoms with Crippen molar-refractivity contribution in [2.45, 2.75) is 6.54 Å². The predicted molar refractivity (Wildman–Crippen MR) is 52.5 cm³/mol. The van der Waals surface area contributed by atoms with E-state index in [9.17, 15) is 4.39 Å². The second-order valence-corrected chi connectivity index (χ2v) is 3.08. The Labute approximate surface area is 85.9 Å². The van der Waals surface area contributed by atoms with Crippen LogP contribution in [0.25, 0.3) is 0 Å². The molecule has 2 aromatic rings. The Morgan fingerprint density at radius 2 is 2.07 bits per heavy atom. The molecule has 0 aliphatic carbocycles. The molecule has 1 aromatic carbocycles. The first kappa shape index (κ1) is 9.57. The SMILES string of the molecule is Cn1nnnc1CNc1ccc(F)cc1. The molecule has 0 spiro atoms. The van der Waals surface area contributed by atoms with Gasteiger partial charge in [0.05, 0.1) is 6.54 Å². The number of tetrazole rings is 1. The van der Waals surface area contributed by atoms with Crippen molar-refractivity contribution in [2.24, 2.45) is 7.05 Å². The number of rotatable bonds is 3. The Hall–Kier alpha value is -1.98. The van der Waals surface area contributed by atoms with Gasteiger partial charge in [-0.1, -0.05) is 0 Å². The molecule has 1 heterocycles. The lowest BCUT2D eigenvalue weighted by Crippen LogP contribution is -2.06. The first-order chi connectivity index (χ1) is 7.25. The molecule has 1 N–H and O–H groups in total. The van der Waals surface area contributed by atoms with Crippen LogP contribution in [0, 0.1) is 5.82 Å². The molecule has 6 heteroatoms. The Morgan fingerprint density at radius 3 is 2.67 bits per heavy atom. The Bertz CT molecular complexity index is 436. The van der Waals surface area contributed by atoms with Gasteiger partial charge in [0.1, 0.15) is 5.82 Å². The quantitative estimate of drug-likeness (QED) is 0.814. The zero-order chi connectivity index (χ0) is 10.7. The highest BCUT2D eigenvalue weighted by molar-refractivity contribution is 5.42. The molecule has 2 rings (SSSR count). The number of halogens is 1. The number of hydrogen-bond donors (Lipinski definition) is 1. The second kappa shape index (κ2) is 4.04. The zero-order valence-electron chi connectivity index (χ0n) is 8.18. The molecule has 0 unspecified atom stereocenters. The van der Waals surface area contributed by atoms with Gasteiger partial charge in [0.15, 0.2) is 5.82 Å². The van der Waals surface area contributed by atoms with Crippen LogP contribution in [0.3, 0.4) is 0 Å². The molecule has 0 saturated heterocycles. The van der Waals surface area contributed by atoms with Crippen molar-refractivity contribution in [1.82, 2.24) is 20.2 Å². The average Bonchev–Trinajstić information content (AvgIpc) is 2.63. The number of nitrogens with one attached hydrogen (secondary N) is 1. The molecule has 1 aromatic heterocycles. The molecule has 0 radical (unpaired) electrons. The Kier molecular flexibility index (Phi) is 2.57. The van der Waals surface area contributed by atoms with Crippen molar-refractivity contribution in [2.75, 3.05) is 5.32 Å². The van der Waals surface area contributed by atoms with Gasteiger partial charge in [0.25, 0.3) is 0 Å². The van der Waals surface area contributed by atoms with Crippen LogP contribution >= 0.6 is 0 Å². The Balaban J connectivity index is 1.99. The summed E-state index contributed by atoms with van der Waals surface area (Å²) in [5.74, 6) is 0.472. The first-order valence-corrected chi connectivity index (χ1v) is 4.46. The Morgan fingerprint density at radius 1 is 1.33 bits per heavy atom. The van der Waals surface area contributed by atoms with Gasteiger partial charge in [0.2, 0.25) is 0 Å². The van der Waals surface area contributed by atoms with Gasteiger partial charge >= 0.3 is 0 Å². The molecule has 5 nitrogen and oxygen atoms in total. The summed E-state index contributed by atoms with van der Waals surface area (Å²) in [4.78, 5) is 0. The maximum absolute atomic E-state index is 12.6. The molecule has 0 fully saturated rings. The van der Waals surface area contributed by atoms with Crippen molar-refractivity contribution >= 4 is 5.69 Å². The van der Waals surface area contributed by atoms with Crippen molar-refractivity contribution in [3.8, 4) is 0 Å². The molecule has 0 bridgehead atoms. The number of anilines is 1. The second-order valence-electron chi connectivity index (χ2n) is 3.08. The minimum Gasteiger partial charge on any atom is -0.378 e. The van der Waals surface area contributed by atoms with E-state index in [-0.39, 0.29) is 5.82 Å². The maximum Gasteiger partial charge on any atom is 0.170 e. The minimum atomic E-state index is -0.249. The third kappa shape index (κ3) is 2.28. The normalized spacial score (nSPS) is 10.3. The minimum absolute atomic E-state index is 0.249. The van der Waals surface area contributed by atoms with Crippen LogP contribution in [0.4, 0.5) is 10.1 Å². The van der Waals surface area contributed by atoms with E-state index in [0.717, 1.165) is 11.5 Å². The summed E-state index contributed by atoms with van der Waals surface area (Å²) in [6.07, 6.45) is 0. The van der Waals surface area contributed by atoms with Crippen molar-refractivity contribution < 1.29 is 4.39 Å². The lowest BCUT2D eigenvalue weighted by molar-refractivity contribution is 0.628. The van der Waals surface area contributed by atoms with Crippen LogP contribution in [-0.2, 0) is 13.6 Å². The third-order valence-corrected chi connectivity index (χ3v) is 2.00. The smallest absolute Gasteiger partial charge is 0.170 e. The van der Waals surface area contributed by atoms with Crippen molar-refractivity contribution in [3.05, 3.63) is 35.9 Å². The summed E-state index contributed by atoms with van der Waals surface area (Å²) in [6.45, 7) is 0.509. The molecule has 15 heavy (non-hydrogen) atoms. The molecule has 0 aliphatic heterocycles. The monoisotopic (exact) mass is 207 g/mol. The molecule has 0 amide bonds. The van der Waals surface area contributed by atoms with E-state index < -0.39 is 0 Å². The van der Waals surface area contributed by atoms with E-state index in [1.807, 2.05) is 0 Å². The van der Waals surface area contributed by atoms with Gasteiger partial charge in [-0.25, -0.2) is 9.07 Å². The summed E-state index contributed by atoms with van der Waals surface area (Å²) in [7, 11) is 1.77. The van der Waals surface area contributed by atoms with E-state index in [4.69, 9.17) is 0 Å². The van der Waals surface area contributed by atoms with E-state index >= 15 is 0 Å². The summed E-state index contributed by atoms with van der Waals surface area (Å²) in [5.41, 5.74) is 0.833. The molecule has 0 aliphatic rings. The third-order valence-electron chi connectivity index (χ3n) is 2.00. The van der Waals surface area contributed by atoms with Gasteiger partial charge < -0.3 is 5.32 Å². The molecule has 0 atom stereocenters. The van der Waals surface area contributed by atoms with E-state index in [1.54, 1.807) is 23.9 Å². The van der Waals surface area contributed by atoms with Gasteiger partial charge in [-0.05, 0) is 34.7 Å². The van der Waals surface area contributed by atoms with Crippen LogP contribution < -0.4 is 5.32 Å². The van der Waals surface area contributed by atoms with Crippen molar-refractivity contribution in [1.29, 1.82) is 0 Å². The number of nitrogens with zero attached hydrogens (tertiary/aromatic N) is 4. The summed E-state index contributed by atoms with van der Waals surface area (Å²) in [5, 5.41) is 14.1. The van der Waals surface area contributed by atoms with Crippen LogP contribution in [0.5, 0.6) is 0 Å². The first-order valence-electron chi connectivity index (χ1n) is 4.46. The van der Waals surface area contributed by atoms with Gasteiger partial charge in [-0.3, -0.25) is 0 Å². The van der Waals surface area contributed by atoms with Crippen LogP contribution in [0.15, 0.2) is 24.3 Å². The summed E-state index contributed by atoms with van der Waals surface area (Å²) >= 11 is 0.